The summed E-state index contributed by atoms with van der Waals surface area (Å²) in [6.07, 6.45) is 1.57. The minimum atomic E-state index is -0.353. The number of amides is 1. The van der Waals surface area contributed by atoms with Crippen LogP contribution >= 0.6 is 15.9 Å². The number of hydrogen-bond donors (Lipinski definition) is 2. The molecule has 0 saturated carbocycles. The lowest BCUT2D eigenvalue weighted by atomic mass is 10.2. The van der Waals surface area contributed by atoms with Crippen LogP contribution in [0.2, 0.25) is 0 Å². The van der Waals surface area contributed by atoms with Crippen LogP contribution in [-0.2, 0) is 0 Å². The van der Waals surface area contributed by atoms with E-state index < -0.39 is 0 Å². The van der Waals surface area contributed by atoms with Gasteiger partial charge in [0.2, 0.25) is 0 Å². The van der Waals surface area contributed by atoms with Gasteiger partial charge in [-0.3, -0.25) is 9.78 Å². The molecule has 0 aliphatic rings. The van der Waals surface area contributed by atoms with Crippen molar-refractivity contribution in [3.63, 3.8) is 0 Å². The van der Waals surface area contributed by atoms with Gasteiger partial charge in [-0.1, -0.05) is 17.3 Å². The summed E-state index contributed by atoms with van der Waals surface area (Å²) < 4.78 is 5.85. The van der Waals surface area contributed by atoms with E-state index in [4.69, 9.17) is 4.52 Å². The summed E-state index contributed by atoms with van der Waals surface area (Å²) in [6.45, 7) is 1.75. The van der Waals surface area contributed by atoms with Gasteiger partial charge < -0.3 is 15.2 Å². The summed E-state index contributed by atoms with van der Waals surface area (Å²) in [5, 5.41) is 9.60. The molecule has 7 heteroatoms. The molecule has 6 nitrogen and oxygen atoms in total. The first-order valence-corrected chi connectivity index (χ1v) is 7.63. The zero-order chi connectivity index (χ0) is 16.2. The van der Waals surface area contributed by atoms with Crippen molar-refractivity contribution in [2.75, 3.05) is 10.6 Å². The maximum Gasteiger partial charge on any atom is 0.275 e. The number of nitrogens with zero attached hydrogens (tertiary/aromatic N) is 2. The number of pyridine rings is 1. The molecule has 0 fully saturated rings. The standard InChI is InChI=1S/C16H13BrN4O2/c1-10-8-15(21-23-10)20-16(22)14-9-11(6-7-18-14)19-13-5-3-2-4-12(13)17/h2-9H,1H3,(H,18,19)(H,20,21,22). The molecule has 3 aromatic rings. The fraction of sp³-hybridized carbons (Fsp3) is 0.0625. The summed E-state index contributed by atoms with van der Waals surface area (Å²) in [5.74, 6) is 0.630. The maximum atomic E-state index is 12.2. The van der Waals surface area contributed by atoms with Crippen molar-refractivity contribution in [1.82, 2.24) is 10.1 Å². The Hall–Kier alpha value is -2.67. The highest BCUT2D eigenvalue weighted by Crippen LogP contribution is 2.25. The lowest BCUT2D eigenvalue weighted by Crippen LogP contribution is -2.14. The number of rotatable bonds is 4. The Balaban J connectivity index is 1.77. The molecule has 1 amide bonds. The average molecular weight is 373 g/mol. The Labute approximate surface area is 141 Å². The van der Waals surface area contributed by atoms with Crippen molar-refractivity contribution in [1.29, 1.82) is 0 Å². The fourth-order valence-electron chi connectivity index (χ4n) is 1.96. The van der Waals surface area contributed by atoms with E-state index in [1.165, 1.54) is 0 Å². The molecule has 2 aromatic heterocycles. The van der Waals surface area contributed by atoms with Gasteiger partial charge >= 0.3 is 0 Å². The Morgan fingerprint density at radius 1 is 1.22 bits per heavy atom. The molecule has 0 radical (unpaired) electrons. The summed E-state index contributed by atoms with van der Waals surface area (Å²) in [4.78, 5) is 16.3. The fourth-order valence-corrected chi connectivity index (χ4v) is 2.34. The number of nitrogens with one attached hydrogen (secondary N) is 2. The normalized spacial score (nSPS) is 10.3. The number of aromatic nitrogens is 2. The van der Waals surface area contributed by atoms with Crippen LogP contribution < -0.4 is 10.6 Å². The number of benzene rings is 1. The molecule has 0 saturated heterocycles. The van der Waals surface area contributed by atoms with Crippen LogP contribution in [-0.4, -0.2) is 16.0 Å². The van der Waals surface area contributed by atoms with E-state index in [2.05, 4.69) is 36.7 Å². The van der Waals surface area contributed by atoms with Gasteiger partial charge in [-0.25, -0.2) is 0 Å². The van der Waals surface area contributed by atoms with E-state index in [1.54, 1.807) is 31.3 Å². The quantitative estimate of drug-likeness (QED) is 0.719. The van der Waals surface area contributed by atoms with Gasteiger partial charge in [0, 0.05) is 22.4 Å². The van der Waals surface area contributed by atoms with E-state index in [-0.39, 0.29) is 11.6 Å². The van der Waals surface area contributed by atoms with Crippen LogP contribution in [0.5, 0.6) is 0 Å². The van der Waals surface area contributed by atoms with Crippen molar-refractivity contribution in [3.8, 4) is 0 Å². The van der Waals surface area contributed by atoms with Gasteiger partial charge in [-0.2, -0.15) is 0 Å². The Kier molecular flexibility index (Phi) is 4.38. The highest BCUT2D eigenvalue weighted by Gasteiger charge is 2.11. The van der Waals surface area contributed by atoms with E-state index >= 15 is 0 Å². The molecule has 0 spiro atoms. The van der Waals surface area contributed by atoms with Crippen LogP contribution in [0.3, 0.4) is 0 Å². The molecule has 0 bridgehead atoms. The van der Waals surface area contributed by atoms with Crippen molar-refractivity contribution < 1.29 is 9.32 Å². The first-order valence-electron chi connectivity index (χ1n) is 6.84. The second kappa shape index (κ2) is 6.62. The van der Waals surface area contributed by atoms with Gasteiger partial charge in [-0.05, 0) is 47.1 Å². The van der Waals surface area contributed by atoms with Crippen molar-refractivity contribution in [3.05, 3.63) is 64.6 Å². The Morgan fingerprint density at radius 2 is 2.04 bits per heavy atom. The second-order valence-corrected chi connectivity index (χ2v) is 5.67. The summed E-state index contributed by atoms with van der Waals surface area (Å²) in [5.41, 5.74) is 1.94. The molecular weight excluding hydrogens is 360 g/mol. The number of carbonyl (C=O) groups is 1. The number of halogens is 1. The van der Waals surface area contributed by atoms with Crippen molar-refractivity contribution in [2.45, 2.75) is 6.92 Å². The zero-order valence-corrected chi connectivity index (χ0v) is 13.8. The van der Waals surface area contributed by atoms with E-state index in [0.717, 1.165) is 15.8 Å². The summed E-state index contributed by atoms with van der Waals surface area (Å²) >= 11 is 3.47. The van der Waals surface area contributed by atoms with Crippen molar-refractivity contribution in [2.24, 2.45) is 0 Å². The third kappa shape index (κ3) is 3.75. The summed E-state index contributed by atoms with van der Waals surface area (Å²) in [7, 11) is 0. The predicted octanol–water partition coefficient (Wildman–Crippen LogP) is 4.14. The van der Waals surface area contributed by atoms with Crippen LogP contribution in [0.4, 0.5) is 17.2 Å². The maximum absolute atomic E-state index is 12.2. The molecule has 0 aliphatic carbocycles. The summed E-state index contributed by atoms with van der Waals surface area (Å²) in [6, 6.07) is 12.8. The Morgan fingerprint density at radius 3 is 2.78 bits per heavy atom. The SMILES string of the molecule is Cc1cc(NC(=O)c2cc(Nc3ccccc3Br)ccn2)no1. The first kappa shape index (κ1) is 15.2. The van der Waals surface area contributed by atoms with Gasteiger partial charge in [0.15, 0.2) is 5.82 Å². The van der Waals surface area contributed by atoms with Gasteiger partial charge in [0.05, 0.1) is 5.69 Å². The minimum Gasteiger partial charge on any atom is -0.360 e. The van der Waals surface area contributed by atoms with Gasteiger partial charge in [0.25, 0.3) is 5.91 Å². The molecule has 2 N–H and O–H groups in total. The number of hydrogen-bond acceptors (Lipinski definition) is 5. The number of carbonyl (C=O) groups excluding carboxylic acids is 1. The Bertz CT molecular complexity index is 847. The number of aryl methyl sites for hydroxylation is 1. The van der Waals surface area contributed by atoms with Gasteiger partial charge in [-0.15, -0.1) is 0 Å². The first-order chi connectivity index (χ1) is 11.1. The molecule has 116 valence electrons. The smallest absolute Gasteiger partial charge is 0.275 e. The molecule has 2 heterocycles. The largest absolute Gasteiger partial charge is 0.360 e. The van der Waals surface area contributed by atoms with E-state index in [9.17, 15) is 4.79 Å². The highest BCUT2D eigenvalue weighted by molar-refractivity contribution is 9.10. The zero-order valence-electron chi connectivity index (χ0n) is 12.2. The third-order valence-corrected chi connectivity index (χ3v) is 3.71. The monoisotopic (exact) mass is 372 g/mol. The average Bonchev–Trinajstić information content (AvgIpc) is 2.95. The van der Waals surface area contributed by atoms with Crippen LogP contribution in [0.1, 0.15) is 16.2 Å². The molecule has 0 unspecified atom stereocenters. The molecule has 0 aliphatic heterocycles. The molecular formula is C16H13BrN4O2. The van der Waals surface area contributed by atoms with Crippen LogP contribution in [0, 0.1) is 6.92 Å². The lowest BCUT2D eigenvalue weighted by Gasteiger charge is -2.09. The van der Waals surface area contributed by atoms with Crippen LogP contribution in [0.15, 0.2) is 57.7 Å². The predicted molar refractivity (Wildman–Crippen MR) is 90.9 cm³/mol. The molecule has 3 rings (SSSR count). The molecule has 0 atom stereocenters. The number of para-hydroxylation sites is 1. The van der Waals surface area contributed by atoms with Gasteiger partial charge in [0.1, 0.15) is 11.5 Å². The topological polar surface area (TPSA) is 80.0 Å². The highest BCUT2D eigenvalue weighted by atomic mass is 79.9. The number of anilines is 3. The van der Waals surface area contributed by atoms with E-state index in [0.29, 0.717) is 11.6 Å². The minimum absolute atomic E-state index is 0.280. The van der Waals surface area contributed by atoms with Crippen molar-refractivity contribution >= 4 is 39.0 Å². The van der Waals surface area contributed by atoms with Crippen LogP contribution in [0.25, 0.3) is 0 Å². The molecule has 1 aromatic carbocycles. The third-order valence-electron chi connectivity index (χ3n) is 3.02. The van der Waals surface area contributed by atoms with E-state index in [1.807, 2.05) is 24.3 Å². The second-order valence-electron chi connectivity index (χ2n) is 4.81. The lowest BCUT2D eigenvalue weighted by molar-refractivity contribution is 0.102. The molecule has 23 heavy (non-hydrogen) atoms.